The number of hydrogen-bond donors (Lipinski definition) is 1. The van der Waals surface area contributed by atoms with Crippen LogP contribution in [0.15, 0.2) is 34.0 Å². The van der Waals surface area contributed by atoms with Crippen LogP contribution in [-0.4, -0.2) is 22.1 Å². The van der Waals surface area contributed by atoms with E-state index in [2.05, 4.69) is 11.6 Å². The summed E-state index contributed by atoms with van der Waals surface area (Å²) in [5.74, 6) is -0.473. The van der Waals surface area contributed by atoms with Gasteiger partial charge in [-0.2, -0.15) is 0 Å². The van der Waals surface area contributed by atoms with Crippen molar-refractivity contribution in [2.75, 3.05) is 6.61 Å². The van der Waals surface area contributed by atoms with Crippen LogP contribution in [0.4, 0.5) is 0 Å². The van der Waals surface area contributed by atoms with Crippen LogP contribution in [-0.2, 0) is 16.1 Å². The highest BCUT2D eigenvalue weighted by molar-refractivity contribution is 5.86. The standard InChI is InChI=1S/C11H14N2O4/c1-8(2)10(15)17-7-3-6-13-9(14)4-5-12-11(13)16/h4-5H,1,3,6-7H2,2H3,(H,12,16). The highest BCUT2D eigenvalue weighted by Gasteiger charge is 2.03. The predicted octanol–water partition coefficient (Wildman–Crippen LogP) is 0.0460. The van der Waals surface area contributed by atoms with E-state index in [-0.39, 0.29) is 18.7 Å². The molecule has 0 radical (unpaired) electrons. The molecule has 0 aliphatic rings. The zero-order chi connectivity index (χ0) is 12.8. The summed E-state index contributed by atoms with van der Waals surface area (Å²) < 4.78 is 5.89. The van der Waals surface area contributed by atoms with Gasteiger partial charge >= 0.3 is 11.7 Å². The van der Waals surface area contributed by atoms with Crippen LogP contribution in [0, 0.1) is 0 Å². The second-order valence-corrected chi connectivity index (χ2v) is 3.54. The third kappa shape index (κ3) is 3.75. The lowest BCUT2D eigenvalue weighted by Crippen LogP contribution is -2.34. The van der Waals surface area contributed by atoms with E-state index in [1.165, 1.54) is 12.3 Å². The first-order valence-electron chi connectivity index (χ1n) is 5.13. The summed E-state index contributed by atoms with van der Waals surface area (Å²) in [4.78, 5) is 36.0. The molecule has 0 atom stereocenters. The van der Waals surface area contributed by atoms with Crippen LogP contribution in [0.5, 0.6) is 0 Å². The molecule has 1 rings (SSSR count). The van der Waals surface area contributed by atoms with Gasteiger partial charge in [-0.1, -0.05) is 6.58 Å². The van der Waals surface area contributed by atoms with Crippen LogP contribution in [0.2, 0.25) is 0 Å². The molecular formula is C11H14N2O4. The van der Waals surface area contributed by atoms with Crippen LogP contribution in [0.1, 0.15) is 13.3 Å². The summed E-state index contributed by atoms with van der Waals surface area (Å²) in [5.41, 5.74) is -0.525. The second kappa shape index (κ2) is 5.83. The van der Waals surface area contributed by atoms with Gasteiger partial charge in [-0.05, 0) is 13.3 Å². The van der Waals surface area contributed by atoms with E-state index in [1.54, 1.807) is 6.92 Å². The largest absolute Gasteiger partial charge is 0.462 e. The zero-order valence-electron chi connectivity index (χ0n) is 9.56. The minimum absolute atomic E-state index is 0.145. The molecule has 0 bridgehead atoms. The fraction of sp³-hybridized carbons (Fsp3) is 0.364. The molecule has 6 heteroatoms. The molecule has 92 valence electrons. The Morgan fingerprint density at radius 2 is 2.24 bits per heavy atom. The Labute approximate surface area is 97.5 Å². The molecule has 0 aromatic carbocycles. The predicted molar refractivity (Wildman–Crippen MR) is 61.7 cm³/mol. The van der Waals surface area contributed by atoms with Crippen LogP contribution >= 0.6 is 0 Å². The van der Waals surface area contributed by atoms with E-state index >= 15 is 0 Å². The van der Waals surface area contributed by atoms with E-state index in [4.69, 9.17) is 4.74 Å². The highest BCUT2D eigenvalue weighted by Crippen LogP contribution is 1.93. The van der Waals surface area contributed by atoms with Gasteiger partial charge in [0.25, 0.3) is 5.56 Å². The number of carbonyl (C=O) groups is 1. The maximum Gasteiger partial charge on any atom is 0.333 e. The van der Waals surface area contributed by atoms with Crippen LogP contribution < -0.4 is 11.2 Å². The number of aromatic amines is 1. The number of nitrogens with one attached hydrogen (secondary N) is 1. The number of H-pyrrole nitrogens is 1. The Bertz CT molecular complexity index is 499. The molecular weight excluding hydrogens is 224 g/mol. The molecule has 6 nitrogen and oxygen atoms in total. The number of aromatic nitrogens is 2. The lowest BCUT2D eigenvalue weighted by Gasteiger charge is -2.05. The molecule has 0 spiro atoms. The number of rotatable bonds is 5. The van der Waals surface area contributed by atoms with Gasteiger partial charge in [-0.15, -0.1) is 0 Å². The Hall–Kier alpha value is -2.11. The molecule has 1 aromatic heterocycles. The van der Waals surface area contributed by atoms with Crippen LogP contribution in [0.25, 0.3) is 0 Å². The van der Waals surface area contributed by atoms with Gasteiger partial charge < -0.3 is 9.72 Å². The number of hydrogen-bond acceptors (Lipinski definition) is 4. The van der Waals surface area contributed by atoms with Crippen LogP contribution in [0.3, 0.4) is 0 Å². The van der Waals surface area contributed by atoms with Crippen molar-refractivity contribution in [3.05, 3.63) is 45.3 Å². The van der Waals surface area contributed by atoms with Gasteiger partial charge in [0.05, 0.1) is 6.61 Å². The first kappa shape index (κ1) is 13.0. The smallest absolute Gasteiger partial charge is 0.333 e. The van der Waals surface area contributed by atoms with E-state index in [0.717, 1.165) is 4.57 Å². The van der Waals surface area contributed by atoms with Crippen molar-refractivity contribution >= 4 is 5.97 Å². The third-order valence-corrected chi connectivity index (χ3v) is 2.05. The maximum absolute atomic E-state index is 11.3. The normalized spacial score (nSPS) is 9.94. The maximum atomic E-state index is 11.3. The average Bonchev–Trinajstić information content (AvgIpc) is 2.27. The van der Waals surface area contributed by atoms with Crippen molar-refractivity contribution < 1.29 is 9.53 Å². The van der Waals surface area contributed by atoms with Gasteiger partial charge in [-0.25, -0.2) is 9.59 Å². The molecule has 0 aliphatic carbocycles. The molecule has 0 unspecified atom stereocenters. The Balaban J connectivity index is 2.47. The second-order valence-electron chi connectivity index (χ2n) is 3.54. The van der Waals surface area contributed by atoms with E-state index in [0.29, 0.717) is 12.0 Å². The van der Waals surface area contributed by atoms with Crippen molar-refractivity contribution in [1.29, 1.82) is 0 Å². The first-order valence-corrected chi connectivity index (χ1v) is 5.13. The Morgan fingerprint density at radius 3 is 2.82 bits per heavy atom. The summed E-state index contributed by atoms with van der Waals surface area (Å²) in [6.07, 6.45) is 1.69. The molecule has 1 heterocycles. The number of esters is 1. The van der Waals surface area contributed by atoms with Gasteiger partial charge in [0.15, 0.2) is 0 Å². The lowest BCUT2D eigenvalue weighted by molar-refractivity contribution is -0.139. The van der Waals surface area contributed by atoms with Crippen molar-refractivity contribution in [3.63, 3.8) is 0 Å². The Morgan fingerprint density at radius 1 is 1.53 bits per heavy atom. The van der Waals surface area contributed by atoms with Crippen molar-refractivity contribution in [2.45, 2.75) is 19.9 Å². The summed E-state index contributed by atoms with van der Waals surface area (Å²) in [7, 11) is 0. The summed E-state index contributed by atoms with van der Waals surface area (Å²) >= 11 is 0. The average molecular weight is 238 g/mol. The molecule has 0 saturated heterocycles. The molecule has 1 N–H and O–H groups in total. The van der Waals surface area contributed by atoms with E-state index in [9.17, 15) is 14.4 Å². The third-order valence-electron chi connectivity index (χ3n) is 2.05. The SMILES string of the molecule is C=C(C)C(=O)OCCCn1c(=O)cc[nH]c1=O. The van der Waals surface area contributed by atoms with E-state index < -0.39 is 11.7 Å². The topological polar surface area (TPSA) is 81.2 Å². The molecule has 1 aromatic rings. The summed E-state index contributed by atoms with van der Waals surface area (Å²) in [6, 6.07) is 1.27. The zero-order valence-corrected chi connectivity index (χ0v) is 9.56. The molecule has 0 aliphatic heterocycles. The highest BCUT2D eigenvalue weighted by atomic mass is 16.5. The van der Waals surface area contributed by atoms with Gasteiger partial charge in [0, 0.05) is 24.4 Å². The number of carbonyl (C=O) groups excluding carboxylic acids is 1. The summed E-state index contributed by atoms with van der Waals surface area (Å²) in [5, 5.41) is 0. The molecule has 0 saturated carbocycles. The fourth-order valence-electron chi connectivity index (χ4n) is 1.17. The lowest BCUT2D eigenvalue weighted by atomic mass is 10.3. The monoisotopic (exact) mass is 238 g/mol. The minimum Gasteiger partial charge on any atom is -0.462 e. The van der Waals surface area contributed by atoms with Crippen molar-refractivity contribution in [1.82, 2.24) is 9.55 Å². The molecule has 17 heavy (non-hydrogen) atoms. The van der Waals surface area contributed by atoms with Crippen molar-refractivity contribution in [3.8, 4) is 0 Å². The minimum atomic E-state index is -0.473. The van der Waals surface area contributed by atoms with Gasteiger partial charge in [0.1, 0.15) is 0 Å². The quantitative estimate of drug-likeness (QED) is 0.446. The Kier molecular flexibility index (Phi) is 4.45. The molecule has 0 fully saturated rings. The van der Waals surface area contributed by atoms with Gasteiger partial charge in [-0.3, -0.25) is 9.36 Å². The fourth-order valence-corrected chi connectivity index (χ4v) is 1.17. The summed E-state index contributed by atoms with van der Waals surface area (Å²) in [6.45, 7) is 5.34. The molecule has 0 amide bonds. The number of ether oxygens (including phenoxy) is 1. The van der Waals surface area contributed by atoms with E-state index in [1.807, 2.05) is 0 Å². The first-order chi connectivity index (χ1) is 8.02. The van der Waals surface area contributed by atoms with Crippen molar-refractivity contribution in [2.24, 2.45) is 0 Å². The number of nitrogens with zero attached hydrogens (tertiary/aromatic N) is 1. The van der Waals surface area contributed by atoms with Gasteiger partial charge in [0.2, 0.25) is 0 Å².